The Balaban J connectivity index is 2.11. The molecule has 2 aromatic carbocycles. The molecule has 0 aliphatic carbocycles. The smallest absolute Gasteiger partial charge is 0.307 e. The number of ether oxygens (including phenoxy) is 1. The highest BCUT2D eigenvalue weighted by atomic mass is 127. The largest absolute Gasteiger partial charge is 0.469 e. The summed E-state index contributed by atoms with van der Waals surface area (Å²) in [5, 5.41) is 2.96. The lowest BCUT2D eigenvalue weighted by molar-refractivity contribution is -0.141. The monoisotopic (exact) mass is 495 g/mol. The Morgan fingerprint density at radius 3 is 2.14 bits per heavy atom. The molecule has 6 heteroatoms. The van der Waals surface area contributed by atoms with Crippen molar-refractivity contribution in [3.63, 3.8) is 0 Å². The van der Waals surface area contributed by atoms with E-state index in [1.54, 1.807) is 0 Å². The SMILES string of the molecule is COC(=O)CC(Cc1ccc(OI)cc1)NC(=O)c1ccc(C(C)(C)C)cc1. The number of carbonyl (C=O) groups excluding carboxylic acids is 2. The first-order valence-electron chi connectivity index (χ1n) is 9.08. The maximum Gasteiger partial charge on any atom is 0.307 e. The Labute approximate surface area is 180 Å². The first-order chi connectivity index (χ1) is 13.2. The van der Waals surface area contributed by atoms with Gasteiger partial charge in [-0.2, -0.15) is 0 Å². The van der Waals surface area contributed by atoms with Crippen LogP contribution in [0, 0.1) is 0 Å². The highest BCUT2D eigenvalue weighted by Crippen LogP contribution is 2.22. The molecule has 0 saturated carbocycles. The topological polar surface area (TPSA) is 64.6 Å². The van der Waals surface area contributed by atoms with Crippen LogP contribution < -0.4 is 8.38 Å². The summed E-state index contributed by atoms with van der Waals surface area (Å²) < 4.78 is 9.92. The van der Waals surface area contributed by atoms with E-state index in [1.165, 1.54) is 7.11 Å². The van der Waals surface area contributed by atoms with Gasteiger partial charge in [-0.3, -0.25) is 9.59 Å². The van der Waals surface area contributed by atoms with Gasteiger partial charge in [0.2, 0.25) is 0 Å². The summed E-state index contributed by atoms with van der Waals surface area (Å²) in [6.07, 6.45) is 0.620. The van der Waals surface area contributed by atoms with E-state index < -0.39 is 0 Å². The molecule has 2 aromatic rings. The number of hydrogen-bond acceptors (Lipinski definition) is 4. The van der Waals surface area contributed by atoms with E-state index in [2.05, 4.69) is 26.1 Å². The zero-order valence-electron chi connectivity index (χ0n) is 16.6. The summed E-state index contributed by atoms with van der Waals surface area (Å²) in [6, 6.07) is 14.7. The molecule has 0 fully saturated rings. The number of halogens is 1. The van der Waals surface area contributed by atoms with Crippen LogP contribution in [-0.2, 0) is 21.4 Å². The molecule has 0 bridgehead atoms. The minimum Gasteiger partial charge on any atom is -0.469 e. The number of benzene rings is 2. The van der Waals surface area contributed by atoms with Crippen LogP contribution in [0.2, 0.25) is 0 Å². The molecule has 0 spiro atoms. The van der Waals surface area contributed by atoms with E-state index in [0.717, 1.165) is 16.9 Å². The molecule has 0 heterocycles. The first kappa shape index (κ1) is 22.2. The molecule has 0 aliphatic rings. The average Bonchev–Trinajstić information content (AvgIpc) is 2.67. The predicted octanol–water partition coefficient (Wildman–Crippen LogP) is 4.62. The van der Waals surface area contributed by atoms with Crippen LogP contribution in [0.15, 0.2) is 48.5 Å². The van der Waals surface area contributed by atoms with Crippen LogP contribution >= 0.6 is 23.0 Å². The number of nitrogens with one attached hydrogen (secondary N) is 1. The van der Waals surface area contributed by atoms with E-state index in [9.17, 15) is 9.59 Å². The van der Waals surface area contributed by atoms with Gasteiger partial charge in [-0.15, -0.1) is 0 Å². The van der Waals surface area contributed by atoms with E-state index in [4.69, 9.17) is 7.80 Å². The molecule has 5 nitrogen and oxygen atoms in total. The Bertz CT molecular complexity index is 795. The van der Waals surface area contributed by atoms with Crippen LogP contribution in [-0.4, -0.2) is 25.0 Å². The van der Waals surface area contributed by atoms with Crippen molar-refractivity contribution in [2.45, 2.75) is 45.1 Å². The van der Waals surface area contributed by atoms with Gasteiger partial charge in [0, 0.05) is 11.6 Å². The highest BCUT2D eigenvalue weighted by molar-refractivity contribution is 14.1. The van der Waals surface area contributed by atoms with Gasteiger partial charge >= 0.3 is 5.97 Å². The molecular weight excluding hydrogens is 469 g/mol. The van der Waals surface area contributed by atoms with Crippen LogP contribution in [0.3, 0.4) is 0 Å². The van der Waals surface area contributed by atoms with Crippen molar-refractivity contribution in [2.75, 3.05) is 7.11 Å². The van der Waals surface area contributed by atoms with Crippen molar-refractivity contribution >= 4 is 34.9 Å². The molecule has 0 aliphatic heterocycles. The minimum atomic E-state index is -0.367. The lowest BCUT2D eigenvalue weighted by Crippen LogP contribution is -2.38. The second-order valence-corrected chi connectivity index (χ2v) is 8.14. The molecule has 0 saturated heterocycles. The number of rotatable bonds is 7. The Hall–Kier alpha value is -2.09. The summed E-state index contributed by atoms with van der Waals surface area (Å²) in [5.41, 5.74) is 2.75. The van der Waals surface area contributed by atoms with Gasteiger partial charge < -0.3 is 13.1 Å². The molecule has 0 aromatic heterocycles. The van der Waals surface area contributed by atoms with Crippen molar-refractivity contribution in [2.24, 2.45) is 0 Å². The van der Waals surface area contributed by atoms with E-state index >= 15 is 0 Å². The lowest BCUT2D eigenvalue weighted by atomic mass is 9.86. The highest BCUT2D eigenvalue weighted by Gasteiger charge is 2.19. The quantitative estimate of drug-likeness (QED) is 0.450. The fourth-order valence-electron chi connectivity index (χ4n) is 2.81. The van der Waals surface area contributed by atoms with Gasteiger partial charge in [0.1, 0.15) is 5.75 Å². The normalized spacial score (nSPS) is 12.2. The van der Waals surface area contributed by atoms with Crippen LogP contribution in [0.25, 0.3) is 0 Å². The number of methoxy groups -OCH3 is 1. The molecule has 150 valence electrons. The van der Waals surface area contributed by atoms with E-state index in [0.29, 0.717) is 12.0 Å². The third-order valence-corrected chi connectivity index (χ3v) is 4.99. The molecule has 1 unspecified atom stereocenters. The van der Waals surface area contributed by atoms with Gasteiger partial charge in [-0.1, -0.05) is 45.0 Å². The fraction of sp³-hybridized carbons (Fsp3) is 0.364. The van der Waals surface area contributed by atoms with Crippen molar-refractivity contribution in [1.82, 2.24) is 5.32 Å². The fourth-order valence-corrected chi connectivity index (χ4v) is 3.10. The van der Waals surface area contributed by atoms with E-state index in [1.807, 2.05) is 71.5 Å². The van der Waals surface area contributed by atoms with E-state index in [-0.39, 0.29) is 29.8 Å². The van der Waals surface area contributed by atoms with Crippen LogP contribution in [0.4, 0.5) is 0 Å². The summed E-state index contributed by atoms with van der Waals surface area (Å²) in [6.45, 7) is 6.38. The Morgan fingerprint density at radius 2 is 1.64 bits per heavy atom. The predicted molar refractivity (Wildman–Crippen MR) is 118 cm³/mol. The third kappa shape index (κ3) is 6.51. The number of esters is 1. The second kappa shape index (κ2) is 9.91. The third-order valence-electron chi connectivity index (χ3n) is 4.48. The summed E-state index contributed by atoms with van der Waals surface area (Å²) in [4.78, 5) is 24.5. The van der Waals surface area contributed by atoms with Crippen molar-refractivity contribution in [3.05, 3.63) is 65.2 Å². The average molecular weight is 495 g/mol. The molecule has 28 heavy (non-hydrogen) atoms. The van der Waals surface area contributed by atoms with Gasteiger partial charge in [-0.25, -0.2) is 0 Å². The first-order valence-corrected chi connectivity index (χ1v) is 9.96. The Kier molecular flexibility index (Phi) is 7.86. The standard InChI is InChI=1S/C22H26INO4/c1-22(2,3)17-9-7-16(8-10-17)21(26)24-18(14-20(25)27-4)13-15-5-11-19(28-23)12-6-15/h5-12,18H,13-14H2,1-4H3,(H,24,26). The van der Waals surface area contributed by atoms with Gasteiger partial charge in [-0.05, 0) is 47.2 Å². The Morgan fingerprint density at radius 1 is 1.04 bits per heavy atom. The molecule has 1 amide bonds. The van der Waals surface area contributed by atoms with Crippen molar-refractivity contribution < 1.29 is 17.4 Å². The maximum atomic E-state index is 12.7. The number of hydrogen-bond donors (Lipinski definition) is 1. The van der Waals surface area contributed by atoms with Crippen molar-refractivity contribution in [3.8, 4) is 5.75 Å². The molecule has 1 N–H and O–H groups in total. The maximum absolute atomic E-state index is 12.7. The molecule has 1 atom stereocenters. The van der Waals surface area contributed by atoms with Gasteiger partial charge in [0.25, 0.3) is 5.91 Å². The summed E-state index contributed by atoms with van der Waals surface area (Å²) >= 11 is 1.82. The van der Waals surface area contributed by atoms with Crippen LogP contribution in [0.1, 0.15) is 48.7 Å². The zero-order valence-corrected chi connectivity index (χ0v) is 18.8. The number of carbonyl (C=O) groups is 2. The summed E-state index contributed by atoms with van der Waals surface area (Å²) in [5.74, 6) is 0.180. The zero-order chi connectivity index (χ0) is 20.7. The molecular formula is C22H26INO4. The minimum absolute atomic E-state index is 0.0241. The number of amides is 1. The van der Waals surface area contributed by atoms with Crippen LogP contribution in [0.5, 0.6) is 5.75 Å². The van der Waals surface area contributed by atoms with Crippen molar-refractivity contribution in [1.29, 1.82) is 0 Å². The molecule has 0 radical (unpaired) electrons. The second-order valence-electron chi connectivity index (χ2n) is 7.70. The van der Waals surface area contributed by atoms with Gasteiger partial charge in [0.05, 0.1) is 13.5 Å². The lowest BCUT2D eigenvalue weighted by Gasteiger charge is -2.20. The van der Waals surface area contributed by atoms with Gasteiger partial charge in [0.15, 0.2) is 23.0 Å². The summed E-state index contributed by atoms with van der Waals surface area (Å²) in [7, 11) is 1.35. The molecule has 2 rings (SSSR count).